The number of ether oxygens (including phenoxy) is 1. The Balaban J connectivity index is 0.000000435. The maximum atomic E-state index is 9.15. The molecule has 0 saturated heterocycles. The van der Waals surface area contributed by atoms with E-state index < -0.39 is 6.16 Å². The Kier molecular flexibility index (Phi) is 5.73. The SMILES string of the molecule is CC1C2CC3CC(C2)CC1(N(C12CC4CC(CC(C4)C1C)C2)C12CC4CC(CC(C4)C1C)C2)C3.COC(=O)O. The molecule has 218 valence electrons. The van der Waals surface area contributed by atoms with Crippen molar-refractivity contribution < 1.29 is 14.6 Å². The van der Waals surface area contributed by atoms with Gasteiger partial charge < -0.3 is 9.84 Å². The van der Waals surface area contributed by atoms with Gasteiger partial charge in [-0.25, -0.2) is 4.79 Å². The summed E-state index contributed by atoms with van der Waals surface area (Å²) in [6.45, 7) is 8.39. The molecule has 1 N–H and O–H groups in total. The molecule has 12 aliphatic carbocycles. The van der Waals surface area contributed by atoms with E-state index >= 15 is 0 Å². The van der Waals surface area contributed by atoms with Crippen LogP contribution in [0.3, 0.4) is 0 Å². The Morgan fingerprint density at radius 1 is 0.564 bits per heavy atom. The average molecular weight is 538 g/mol. The zero-order chi connectivity index (χ0) is 26.9. The number of nitrogens with zero attached hydrogens (tertiary/aromatic N) is 1. The van der Waals surface area contributed by atoms with Crippen molar-refractivity contribution in [3.63, 3.8) is 0 Å². The molecular formula is C35H55NO3. The minimum absolute atomic E-state index is 0.564. The summed E-state index contributed by atoms with van der Waals surface area (Å²) in [5.41, 5.74) is 1.69. The van der Waals surface area contributed by atoms with Gasteiger partial charge in [0.1, 0.15) is 0 Å². The quantitative estimate of drug-likeness (QED) is 0.368. The van der Waals surface area contributed by atoms with Gasteiger partial charge in [0.2, 0.25) is 0 Å². The average Bonchev–Trinajstić information content (AvgIpc) is 2.88. The second kappa shape index (κ2) is 8.63. The molecule has 12 fully saturated rings. The van der Waals surface area contributed by atoms with Crippen LogP contribution in [0, 0.1) is 71.0 Å². The van der Waals surface area contributed by atoms with Gasteiger partial charge in [-0.05, 0) is 167 Å². The van der Waals surface area contributed by atoms with Crippen LogP contribution >= 0.6 is 0 Å². The van der Waals surface area contributed by atoms with E-state index in [1.54, 1.807) is 96.3 Å². The lowest BCUT2D eigenvalue weighted by molar-refractivity contribution is -0.289. The zero-order valence-corrected chi connectivity index (χ0v) is 25.2. The Bertz CT molecular complexity index is 852. The molecule has 4 heteroatoms. The van der Waals surface area contributed by atoms with Crippen molar-refractivity contribution >= 4 is 6.16 Å². The summed E-state index contributed by atoms with van der Waals surface area (Å²) in [4.78, 5) is 12.8. The first-order valence-corrected chi connectivity index (χ1v) is 17.2. The van der Waals surface area contributed by atoms with E-state index in [-0.39, 0.29) is 0 Å². The van der Waals surface area contributed by atoms with Crippen molar-refractivity contribution in [3.05, 3.63) is 0 Å². The molecule has 12 aliphatic rings. The molecule has 9 atom stereocenters. The zero-order valence-electron chi connectivity index (χ0n) is 25.2. The van der Waals surface area contributed by atoms with Gasteiger partial charge in [0.25, 0.3) is 0 Å². The molecule has 0 aromatic carbocycles. The smallest absolute Gasteiger partial charge is 0.450 e. The first-order chi connectivity index (χ1) is 18.7. The third kappa shape index (κ3) is 3.48. The van der Waals surface area contributed by atoms with Crippen molar-refractivity contribution in [3.8, 4) is 0 Å². The van der Waals surface area contributed by atoms with Crippen LogP contribution in [0.25, 0.3) is 0 Å². The highest BCUT2D eigenvalue weighted by atomic mass is 16.6. The molecule has 12 saturated carbocycles. The number of hydrogen-bond donors (Lipinski definition) is 1. The lowest BCUT2D eigenvalue weighted by atomic mass is 9.40. The molecule has 12 bridgehead atoms. The lowest BCUT2D eigenvalue weighted by Gasteiger charge is -2.79. The third-order valence-electron chi connectivity index (χ3n) is 15.8. The van der Waals surface area contributed by atoms with E-state index in [0.29, 0.717) is 16.6 Å². The molecule has 0 aromatic heterocycles. The minimum Gasteiger partial charge on any atom is -0.450 e. The van der Waals surface area contributed by atoms with Gasteiger partial charge in [0.15, 0.2) is 0 Å². The van der Waals surface area contributed by atoms with E-state index in [0.717, 1.165) is 78.1 Å². The van der Waals surface area contributed by atoms with Crippen LogP contribution in [0.5, 0.6) is 0 Å². The van der Waals surface area contributed by atoms with Gasteiger partial charge in [-0.1, -0.05) is 20.8 Å². The van der Waals surface area contributed by atoms with Gasteiger partial charge in [0.05, 0.1) is 7.11 Å². The van der Waals surface area contributed by atoms with Crippen molar-refractivity contribution in [2.45, 2.75) is 134 Å². The van der Waals surface area contributed by atoms with Gasteiger partial charge in [-0.3, -0.25) is 4.90 Å². The number of rotatable bonds is 3. The summed E-state index contributed by atoms with van der Waals surface area (Å²) in [6.07, 6.45) is 22.8. The number of methoxy groups -OCH3 is 1. The number of carboxylic acid groups (broad SMARTS) is 1. The normalized spacial score (nSPS) is 59.0. The van der Waals surface area contributed by atoms with Crippen LogP contribution < -0.4 is 0 Å². The standard InChI is InChI=1S/C33H51N.C2H4O3/c1-19-28-7-22-4-23(8-28)14-31(19,13-22)34(32-15-24-5-25(16-32)10-29(9-24)20(32)2)33-17-26-6-27(18-33)12-30(11-26)21(33)3;1-5-2(3)4/h19-30H,4-18H2,1-3H3;1H3,(H,3,4). The summed E-state index contributed by atoms with van der Waals surface area (Å²) in [5, 5.41) is 7.50. The first-order valence-electron chi connectivity index (χ1n) is 17.2. The molecule has 0 radical (unpaired) electrons. The number of carbonyl (C=O) groups is 1. The van der Waals surface area contributed by atoms with E-state index in [2.05, 4.69) is 30.4 Å². The monoisotopic (exact) mass is 537 g/mol. The van der Waals surface area contributed by atoms with Crippen molar-refractivity contribution in [1.82, 2.24) is 4.90 Å². The Morgan fingerprint density at radius 2 is 0.795 bits per heavy atom. The Morgan fingerprint density at radius 3 is 1.00 bits per heavy atom. The summed E-state index contributed by atoms with van der Waals surface area (Å²) in [5.74, 6) is 12.5. The molecular weight excluding hydrogens is 482 g/mol. The Hall–Kier alpha value is -0.770. The van der Waals surface area contributed by atoms with Crippen molar-refractivity contribution in [2.24, 2.45) is 71.0 Å². The third-order valence-corrected chi connectivity index (χ3v) is 15.8. The number of hydrogen-bond acceptors (Lipinski definition) is 3. The van der Waals surface area contributed by atoms with Crippen LogP contribution in [-0.2, 0) is 4.74 Å². The summed E-state index contributed by atoms with van der Waals surface area (Å²) >= 11 is 0. The predicted octanol–water partition coefficient (Wildman–Crippen LogP) is 8.24. The lowest BCUT2D eigenvalue weighted by Crippen LogP contribution is -2.82. The highest BCUT2D eigenvalue weighted by Gasteiger charge is 2.72. The van der Waals surface area contributed by atoms with Crippen molar-refractivity contribution in [2.75, 3.05) is 7.11 Å². The molecule has 12 rings (SSSR count). The molecule has 0 amide bonds. The maximum Gasteiger partial charge on any atom is 0.505 e. The molecule has 0 aromatic rings. The van der Waals surface area contributed by atoms with Gasteiger partial charge in [0, 0.05) is 16.6 Å². The van der Waals surface area contributed by atoms with Gasteiger partial charge >= 0.3 is 6.16 Å². The van der Waals surface area contributed by atoms with Crippen LogP contribution in [0.15, 0.2) is 0 Å². The summed E-state index contributed by atoms with van der Waals surface area (Å²) in [7, 11) is 1.10. The predicted molar refractivity (Wildman–Crippen MR) is 153 cm³/mol. The first kappa shape index (κ1) is 25.9. The van der Waals surface area contributed by atoms with E-state index in [4.69, 9.17) is 9.90 Å². The highest BCUT2D eigenvalue weighted by Crippen LogP contribution is 2.72. The second-order valence-corrected chi connectivity index (χ2v) is 17.3. The Labute approximate surface area is 237 Å². The fraction of sp³-hybridized carbons (Fsp3) is 0.971. The summed E-state index contributed by atoms with van der Waals surface area (Å²) < 4.78 is 3.67. The van der Waals surface area contributed by atoms with Crippen molar-refractivity contribution in [1.29, 1.82) is 0 Å². The second-order valence-electron chi connectivity index (χ2n) is 17.3. The molecule has 4 nitrogen and oxygen atoms in total. The van der Waals surface area contributed by atoms with Crippen LogP contribution in [0.2, 0.25) is 0 Å². The molecule has 0 aliphatic heterocycles. The van der Waals surface area contributed by atoms with Crippen LogP contribution in [0.1, 0.15) is 117 Å². The van der Waals surface area contributed by atoms with E-state index in [9.17, 15) is 0 Å². The molecule has 9 unspecified atom stereocenters. The van der Waals surface area contributed by atoms with Crippen LogP contribution in [-0.4, -0.2) is 39.9 Å². The fourth-order valence-corrected chi connectivity index (χ4v) is 15.2. The summed E-state index contributed by atoms with van der Waals surface area (Å²) in [6, 6.07) is 0. The molecule has 39 heavy (non-hydrogen) atoms. The fourth-order valence-electron chi connectivity index (χ4n) is 15.2. The molecule has 0 heterocycles. The largest absolute Gasteiger partial charge is 0.505 e. The van der Waals surface area contributed by atoms with E-state index in [1.807, 2.05) is 0 Å². The van der Waals surface area contributed by atoms with Gasteiger partial charge in [-0.2, -0.15) is 0 Å². The minimum atomic E-state index is -1.25. The van der Waals surface area contributed by atoms with Crippen LogP contribution in [0.4, 0.5) is 4.79 Å². The van der Waals surface area contributed by atoms with E-state index in [1.165, 1.54) is 0 Å². The molecule has 0 spiro atoms. The maximum absolute atomic E-state index is 9.15. The topological polar surface area (TPSA) is 49.8 Å². The highest BCUT2D eigenvalue weighted by molar-refractivity contribution is 5.56. The van der Waals surface area contributed by atoms with Gasteiger partial charge in [-0.15, -0.1) is 0 Å².